The van der Waals surface area contributed by atoms with Gasteiger partial charge in [0.15, 0.2) is 0 Å². The van der Waals surface area contributed by atoms with Gasteiger partial charge >= 0.3 is 0 Å². The molecule has 0 unspecified atom stereocenters. The zero-order valence-corrected chi connectivity index (χ0v) is 20.4. The molecule has 0 radical (unpaired) electrons. The highest BCUT2D eigenvalue weighted by atomic mass is 32.2. The van der Waals surface area contributed by atoms with Crippen molar-refractivity contribution in [3.8, 4) is 5.75 Å². The molecule has 2 aliphatic rings. The molecule has 2 aromatic carbocycles. The number of hydrogen-bond donors (Lipinski definition) is 2. The number of carbonyl (C=O) groups is 1. The maximum Gasteiger partial charge on any atom is 0.251 e. The summed E-state index contributed by atoms with van der Waals surface area (Å²) in [5, 5.41) is 3.09. The van der Waals surface area contributed by atoms with Gasteiger partial charge in [-0.15, -0.1) is 0 Å². The molecule has 1 atom stereocenters. The summed E-state index contributed by atoms with van der Waals surface area (Å²) >= 11 is 0. The van der Waals surface area contributed by atoms with E-state index in [0.29, 0.717) is 26.2 Å². The van der Waals surface area contributed by atoms with Crippen molar-refractivity contribution in [2.24, 2.45) is 0 Å². The average Bonchev–Trinajstić information content (AvgIpc) is 2.87. The monoisotopic (exact) mass is 487 g/mol. The number of benzene rings is 2. The van der Waals surface area contributed by atoms with Gasteiger partial charge in [-0.3, -0.25) is 9.69 Å². The van der Waals surface area contributed by atoms with Crippen molar-refractivity contribution < 1.29 is 22.7 Å². The van der Waals surface area contributed by atoms with Gasteiger partial charge in [-0.25, -0.2) is 13.1 Å². The smallest absolute Gasteiger partial charge is 0.251 e. The fraction of sp³-hybridized carbons (Fsp3) is 0.480. The van der Waals surface area contributed by atoms with Gasteiger partial charge in [-0.1, -0.05) is 24.3 Å². The molecule has 0 spiro atoms. The minimum absolute atomic E-state index is 0.0296. The number of morpholine rings is 1. The van der Waals surface area contributed by atoms with E-state index in [2.05, 4.69) is 21.0 Å². The minimum Gasteiger partial charge on any atom is -0.495 e. The molecular weight excluding hydrogens is 454 g/mol. The van der Waals surface area contributed by atoms with Crippen LogP contribution in [0.3, 0.4) is 0 Å². The van der Waals surface area contributed by atoms with E-state index in [0.717, 1.165) is 44.5 Å². The van der Waals surface area contributed by atoms with Crippen LogP contribution in [-0.4, -0.2) is 65.7 Å². The Labute approximate surface area is 201 Å². The van der Waals surface area contributed by atoms with Crippen molar-refractivity contribution in [1.82, 2.24) is 14.9 Å². The molecule has 1 fully saturated rings. The zero-order chi connectivity index (χ0) is 24.0. The maximum absolute atomic E-state index is 13.1. The van der Waals surface area contributed by atoms with E-state index in [4.69, 9.17) is 9.47 Å². The van der Waals surface area contributed by atoms with Gasteiger partial charge in [0.05, 0.1) is 26.4 Å². The third-order valence-corrected chi connectivity index (χ3v) is 7.92. The van der Waals surface area contributed by atoms with Crippen LogP contribution >= 0.6 is 0 Å². The SMILES string of the molecule is COc1ccc(C(=O)N[C@@H]2CCCc3ccccc32)cc1S(=O)(=O)NCCCN1CCOCC1. The van der Waals surface area contributed by atoms with Crippen LogP contribution in [0.2, 0.25) is 0 Å². The molecule has 8 nitrogen and oxygen atoms in total. The molecule has 2 N–H and O–H groups in total. The van der Waals surface area contributed by atoms with E-state index in [9.17, 15) is 13.2 Å². The quantitative estimate of drug-likeness (QED) is 0.528. The van der Waals surface area contributed by atoms with E-state index in [1.54, 1.807) is 6.07 Å². The first kappa shape index (κ1) is 24.7. The first-order valence-electron chi connectivity index (χ1n) is 11.8. The lowest BCUT2D eigenvalue weighted by atomic mass is 9.87. The highest BCUT2D eigenvalue weighted by Crippen LogP contribution is 2.30. The van der Waals surface area contributed by atoms with E-state index >= 15 is 0 Å². The molecule has 2 aromatic rings. The first-order chi connectivity index (χ1) is 16.5. The Kier molecular flexibility index (Phi) is 8.20. The first-order valence-corrected chi connectivity index (χ1v) is 13.3. The van der Waals surface area contributed by atoms with Crippen LogP contribution < -0.4 is 14.8 Å². The Morgan fingerprint density at radius 3 is 2.76 bits per heavy atom. The number of sulfonamides is 1. The molecule has 4 rings (SSSR count). The number of carbonyl (C=O) groups excluding carboxylic acids is 1. The van der Waals surface area contributed by atoms with Crippen molar-refractivity contribution in [3.05, 3.63) is 59.2 Å². The third-order valence-electron chi connectivity index (χ3n) is 6.44. The predicted molar refractivity (Wildman–Crippen MR) is 130 cm³/mol. The molecule has 1 heterocycles. The van der Waals surface area contributed by atoms with E-state index < -0.39 is 10.0 Å². The van der Waals surface area contributed by atoms with Crippen molar-refractivity contribution in [1.29, 1.82) is 0 Å². The van der Waals surface area contributed by atoms with Crippen LogP contribution in [0.25, 0.3) is 0 Å². The number of hydrogen-bond acceptors (Lipinski definition) is 6. The van der Waals surface area contributed by atoms with Gasteiger partial charge in [0.1, 0.15) is 10.6 Å². The summed E-state index contributed by atoms with van der Waals surface area (Å²) in [4.78, 5) is 15.3. The lowest BCUT2D eigenvalue weighted by Gasteiger charge is -2.26. The van der Waals surface area contributed by atoms with Crippen LogP contribution in [0.1, 0.15) is 46.8 Å². The number of aryl methyl sites for hydroxylation is 1. The standard InChI is InChI=1S/C25H33N3O5S/c1-32-23-11-10-20(25(29)27-22-9-4-7-19-6-2-3-8-21(19)22)18-24(23)34(30,31)26-12-5-13-28-14-16-33-17-15-28/h2-3,6,8,10-11,18,22,26H,4-5,7,9,12-17H2,1H3,(H,27,29)/t22-/m1/s1. The molecule has 184 valence electrons. The summed E-state index contributed by atoms with van der Waals surface area (Å²) in [5.41, 5.74) is 2.67. The Balaban J connectivity index is 1.43. The van der Waals surface area contributed by atoms with Gasteiger partial charge in [-0.2, -0.15) is 0 Å². The normalized spacial score (nSPS) is 18.8. The van der Waals surface area contributed by atoms with Gasteiger partial charge in [-0.05, 0) is 61.6 Å². The number of nitrogens with one attached hydrogen (secondary N) is 2. The second-order valence-corrected chi connectivity index (χ2v) is 10.4. The molecule has 1 amide bonds. The highest BCUT2D eigenvalue weighted by molar-refractivity contribution is 7.89. The van der Waals surface area contributed by atoms with E-state index in [-0.39, 0.29) is 28.2 Å². The Bertz CT molecular complexity index is 1100. The third kappa shape index (κ3) is 5.96. The Morgan fingerprint density at radius 2 is 1.97 bits per heavy atom. The van der Waals surface area contributed by atoms with Gasteiger partial charge in [0.2, 0.25) is 10.0 Å². The number of fused-ring (bicyclic) bond motifs is 1. The van der Waals surface area contributed by atoms with E-state index in [1.165, 1.54) is 24.8 Å². The van der Waals surface area contributed by atoms with Crippen LogP contribution in [-0.2, 0) is 21.2 Å². The van der Waals surface area contributed by atoms with Crippen molar-refractivity contribution in [3.63, 3.8) is 0 Å². The highest BCUT2D eigenvalue weighted by Gasteiger charge is 2.25. The van der Waals surface area contributed by atoms with Crippen LogP contribution in [0.5, 0.6) is 5.75 Å². The summed E-state index contributed by atoms with van der Waals surface area (Å²) in [6, 6.07) is 12.6. The summed E-state index contributed by atoms with van der Waals surface area (Å²) in [6.07, 6.45) is 3.54. The average molecular weight is 488 g/mol. The summed E-state index contributed by atoms with van der Waals surface area (Å²) in [5.74, 6) is -0.0895. The fourth-order valence-corrected chi connectivity index (χ4v) is 5.85. The van der Waals surface area contributed by atoms with Crippen LogP contribution in [0.15, 0.2) is 47.4 Å². The molecule has 9 heteroatoms. The van der Waals surface area contributed by atoms with Gasteiger partial charge in [0.25, 0.3) is 5.91 Å². The minimum atomic E-state index is -3.84. The molecule has 34 heavy (non-hydrogen) atoms. The zero-order valence-electron chi connectivity index (χ0n) is 19.6. The number of amides is 1. The van der Waals surface area contributed by atoms with Crippen molar-refractivity contribution in [2.75, 3.05) is 46.5 Å². The molecule has 1 aliphatic carbocycles. The number of ether oxygens (including phenoxy) is 2. The van der Waals surface area contributed by atoms with Gasteiger partial charge < -0.3 is 14.8 Å². The largest absolute Gasteiger partial charge is 0.495 e. The molecule has 1 saturated heterocycles. The predicted octanol–water partition coefficient (Wildman–Crippen LogP) is 2.50. The van der Waals surface area contributed by atoms with Crippen LogP contribution in [0, 0.1) is 0 Å². The van der Waals surface area contributed by atoms with E-state index in [1.807, 2.05) is 18.2 Å². The maximum atomic E-state index is 13.1. The lowest BCUT2D eigenvalue weighted by molar-refractivity contribution is 0.0376. The summed E-state index contributed by atoms with van der Waals surface area (Å²) in [6.45, 7) is 4.26. The molecule has 0 saturated carbocycles. The summed E-state index contributed by atoms with van der Waals surface area (Å²) in [7, 11) is -2.42. The topological polar surface area (TPSA) is 97.0 Å². The second-order valence-electron chi connectivity index (χ2n) is 8.69. The second kappa shape index (κ2) is 11.3. The van der Waals surface area contributed by atoms with Crippen molar-refractivity contribution >= 4 is 15.9 Å². The Morgan fingerprint density at radius 1 is 1.18 bits per heavy atom. The molecule has 0 bridgehead atoms. The lowest BCUT2D eigenvalue weighted by Crippen LogP contribution is -2.38. The van der Waals surface area contributed by atoms with Crippen molar-refractivity contribution in [2.45, 2.75) is 36.6 Å². The number of rotatable bonds is 9. The fourth-order valence-electron chi connectivity index (χ4n) is 4.59. The number of nitrogens with zero attached hydrogens (tertiary/aromatic N) is 1. The molecule has 0 aromatic heterocycles. The Hall–Kier alpha value is -2.46. The van der Waals surface area contributed by atoms with Gasteiger partial charge in [0, 0.05) is 25.2 Å². The molecular formula is C25H33N3O5S. The number of methoxy groups -OCH3 is 1. The summed E-state index contributed by atoms with van der Waals surface area (Å²) < 4.78 is 39.4. The van der Waals surface area contributed by atoms with Crippen LogP contribution in [0.4, 0.5) is 0 Å². The molecule has 1 aliphatic heterocycles.